The van der Waals surface area contributed by atoms with Crippen molar-refractivity contribution in [1.82, 2.24) is 0 Å². The van der Waals surface area contributed by atoms with Crippen molar-refractivity contribution in [1.29, 1.82) is 0 Å². The fourth-order valence-electron chi connectivity index (χ4n) is 4.19. The Kier molecular flexibility index (Phi) is 3.70. The topological polar surface area (TPSA) is 60.2 Å². The molecule has 0 amide bonds. The van der Waals surface area contributed by atoms with E-state index in [-0.39, 0.29) is 4.90 Å². The zero-order valence-corrected chi connectivity index (χ0v) is 13.3. The Morgan fingerprint density at radius 3 is 2.38 bits per heavy atom. The maximum absolute atomic E-state index is 11.4. The average Bonchev–Trinajstić information content (AvgIpc) is 2.79. The number of benzene rings is 1. The maximum Gasteiger partial charge on any atom is 0.238 e. The zero-order chi connectivity index (χ0) is 15.1. The van der Waals surface area contributed by atoms with Crippen molar-refractivity contribution in [2.45, 2.75) is 49.8 Å². The second kappa shape index (κ2) is 5.25. The van der Waals surface area contributed by atoms with Gasteiger partial charge in [0.25, 0.3) is 0 Å². The standard InChI is InChI=1S/C17H23NO2S/c1-2-3-6-15-16(17(15)11-4-5-12-17)13-7-9-14(10-8-13)21(18,19)20/h3,6-10,15-16H,2,4-5,11-12H2,1H3,(H2,18,19,20)/b6-3+. The molecule has 2 unspecified atom stereocenters. The minimum absolute atomic E-state index is 0.202. The van der Waals surface area contributed by atoms with Crippen LogP contribution < -0.4 is 5.14 Å². The van der Waals surface area contributed by atoms with Gasteiger partial charge in [0.15, 0.2) is 0 Å². The summed E-state index contributed by atoms with van der Waals surface area (Å²) in [6, 6.07) is 7.19. The first-order chi connectivity index (χ1) is 9.99. The lowest BCUT2D eigenvalue weighted by molar-refractivity contribution is 0.488. The third-order valence-corrected chi connectivity index (χ3v) is 6.14. The van der Waals surface area contributed by atoms with Gasteiger partial charge in [-0.05, 0) is 54.2 Å². The quantitative estimate of drug-likeness (QED) is 0.864. The van der Waals surface area contributed by atoms with Gasteiger partial charge in [-0.1, -0.05) is 44.1 Å². The van der Waals surface area contributed by atoms with Gasteiger partial charge in [-0.15, -0.1) is 0 Å². The summed E-state index contributed by atoms with van der Waals surface area (Å²) in [7, 11) is -3.59. The number of nitrogens with two attached hydrogens (primary N) is 1. The molecule has 4 heteroatoms. The molecule has 0 aliphatic heterocycles. The van der Waals surface area contributed by atoms with Crippen molar-refractivity contribution in [3.8, 4) is 0 Å². The predicted molar refractivity (Wildman–Crippen MR) is 84.4 cm³/mol. The van der Waals surface area contributed by atoms with Gasteiger partial charge in [0, 0.05) is 0 Å². The van der Waals surface area contributed by atoms with Crippen LogP contribution in [0.25, 0.3) is 0 Å². The fraction of sp³-hybridized carbons (Fsp3) is 0.529. The van der Waals surface area contributed by atoms with Crippen molar-refractivity contribution in [3.63, 3.8) is 0 Å². The molecule has 0 aromatic heterocycles. The molecule has 2 N–H and O–H groups in total. The Hall–Kier alpha value is -1.13. The molecule has 2 aliphatic carbocycles. The summed E-state index contributed by atoms with van der Waals surface area (Å²) in [6.45, 7) is 2.16. The van der Waals surface area contributed by atoms with Gasteiger partial charge >= 0.3 is 0 Å². The zero-order valence-electron chi connectivity index (χ0n) is 12.5. The molecular formula is C17H23NO2S. The SMILES string of the molecule is CC/C=C/C1C(c2ccc(S(N)(=O)=O)cc2)C12CCCC2. The Morgan fingerprint density at radius 2 is 1.86 bits per heavy atom. The largest absolute Gasteiger partial charge is 0.238 e. The number of hydrogen-bond donors (Lipinski definition) is 1. The minimum atomic E-state index is -3.59. The number of allylic oxidation sites excluding steroid dienone is 2. The van der Waals surface area contributed by atoms with E-state index in [0.717, 1.165) is 6.42 Å². The maximum atomic E-state index is 11.4. The second-order valence-corrected chi connectivity index (χ2v) is 7.96. The summed E-state index contributed by atoms with van der Waals surface area (Å²) in [4.78, 5) is 0.202. The van der Waals surface area contributed by atoms with Crippen molar-refractivity contribution in [3.05, 3.63) is 42.0 Å². The van der Waals surface area contributed by atoms with Crippen LogP contribution in [0.15, 0.2) is 41.3 Å². The molecule has 0 bridgehead atoms. The third-order valence-electron chi connectivity index (χ3n) is 5.21. The van der Waals surface area contributed by atoms with Gasteiger partial charge in [-0.3, -0.25) is 0 Å². The van der Waals surface area contributed by atoms with Gasteiger partial charge in [0.05, 0.1) is 4.90 Å². The molecule has 2 atom stereocenters. The average molecular weight is 305 g/mol. The Balaban J connectivity index is 1.87. The summed E-state index contributed by atoms with van der Waals surface area (Å²) < 4.78 is 22.7. The summed E-state index contributed by atoms with van der Waals surface area (Å²) in [5.74, 6) is 1.18. The molecule has 0 saturated heterocycles. The minimum Gasteiger partial charge on any atom is -0.225 e. The van der Waals surface area contributed by atoms with E-state index in [2.05, 4.69) is 19.1 Å². The first kappa shape index (κ1) is 14.8. The lowest BCUT2D eigenvalue weighted by Gasteiger charge is -2.08. The first-order valence-electron chi connectivity index (χ1n) is 7.78. The van der Waals surface area contributed by atoms with Crippen LogP contribution in [0.5, 0.6) is 0 Å². The lowest BCUT2D eigenvalue weighted by Crippen LogP contribution is -2.11. The monoisotopic (exact) mass is 305 g/mol. The summed E-state index contributed by atoms with van der Waals surface area (Å²) >= 11 is 0. The van der Waals surface area contributed by atoms with Crippen LogP contribution in [0.4, 0.5) is 0 Å². The second-order valence-electron chi connectivity index (χ2n) is 6.39. The lowest BCUT2D eigenvalue weighted by atomic mass is 9.97. The van der Waals surface area contributed by atoms with Crippen LogP contribution in [0, 0.1) is 11.3 Å². The summed E-state index contributed by atoms with van der Waals surface area (Å²) in [5, 5.41) is 5.17. The molecule has 0 radical (unpaired) electrons. The van der Waals surface area contributed by atoms with E-state index >= 15 is 0 Å². The Labute approximate surface area is 127 Å². The van der Waals surface area contributed by atoms with Crippen LogP contribution in [0.3, 0.4) is 0 Å². The van der Waals surface area contributed by atoms with Crippen LogP contribution in [0.1, 0.15) is 50.5 Å². The molecule has 2 saturated carbocycles. The molecule has 1 spiro atoms. The highest BCUT2D eigenvalue weighted by molar-refractivity contribution is 7.89. The summed E-state index contributed by atoms with van der Waals surface area (Å²) in [5.41, 5.74) is 1.70. The van der Waals surface area contributed by atoms with Gasteiger partial charge in [-0.25, -0.2) is 13.6 Å². The van der Waals surface area contributed by atoms with Crippen LogP contribution in [0.2, 0.25) is 0 Å². The van der Waals surface area contributed by atoms with Crippen molar-refractivity contribution >= 4 is 10.0 Å². The van der Waals surface area contributed by atoms with Crippen molar-refractivity contribution in [2.24, 2.45) is 16.5 Å². The van der Waals surface area contributed by atoms with E-state index < -0.39 is 10.0 Å². The predicted octanol–water partition coefficient (Wildman–Crippen LogP) is 3.57. The first-order valence-corrected chi connectivity index (χ1v) is 9.33. The Morgan fingerprint density at radius 1 is 1.24 bits per heavy atom. The van der Waals surface area contributed by atoms with Gasteiger partial charge in [0.2, 0.25) is 10.0 Å². The molecule has 0 heterocycles. The van der Waals surface area contributed by atoms with Gasteiger partial charge in [0.1, 0.15) is 0 Å². The van der Waals surface area contributed by atoms with Crippen molar-refractivity contribution < 1.29 is 8.42 Å². The van der Waals surface area contributed by atoms with Crippen LogP contribution in [-0.2, 0) is 10.0 Å². The van der Waals surface area contributed by atoms with E-state index in [1.807, 2.05) is 12.1 Å². The van der Waals surface area contributed by atoms with Crippen LogP contribution in [-0.4, -0.2) is 8.42 Å². The number of hydrogen-bond acceptors (Lipinski definition) is 2. The van der Waals surface area contributed by atoms with Gasteiger partial charge < -0.3 is 0 Å². The molecule has 21 heavy (non-hydrogen) atoms. The highest BCUT2D eigenvalue weighted by atomic mass is 32.2. The molecule has 1 aromatic rings. The van der Waals surface area contributed by atoms with E-state index in [0.29, 0.717) is 17.3 Å². The fourth-order valence-corrected chi connectivity index (χ4v) is 4.71. The van der Waals surface area contributed by atoms with Crippen LogP contribution >= 0.6 is 0 Å². The molecule has 114 valence electrons. The number of sulfonamides is 1. The highest BCUT2D eigenvalue weighted by Crippen LogP contribution is 2.72. The molecule has 3 nitrogen and oxygen atoms in total. The van der Waals surface area contributed by atoms with E-state index in [1.165, 1.54) is 31.2 Å². The van der Waals surface area contributed by atoms with E-state index in [4.69, 9.17) is 5.14 Å². The normalized spacial score (nSPS) is 27.5. The molecule has 1 aromatic carbocycles. The number of primary sulfonamides is 1. The van der Waals surface area contributed by atoms with E-state index in [9.17, 15) is 8.42 Å². The molecule has 2 aliphatic rings. The number of rotatable bonds is 4. The Bertz CT molecular complexity index is 640. The highest BCUT2D eigenvalue weighted by Gasteiger charge is 2.63. The molecule has 3 rings (SSSR count). The molecular weight excluding hydrogens is 282 g/mol. The smallest absolute Gasteiger partial charge is 0.225 e. The van der Waals surface area contributed by atoms with E-state index in [1.54, 1.807) is 12.1 Å². The van der Waals surface area contributed by atoms with Gasteiger partial charge in [-0.2, -0.15) is 0 Å². The summed E-state index contributed by atoms with van der Waals surface area (Å²) in [6.07, 6.45) is 11.0. The van der Waals surface area contributed by atoms with Crippen molar-refractivity contribution in [2.75, 3.05) is 0 Å². The third kappa shape index (κ3) is 2.55. The molecule has 2 fully saturated rings.